The fourth-order valence-electron chi connectivity index (χ4n) is 1.77. The molecule has 0 spiro atoms. The van der Waals surface area contributed by atoms with Crippen molar-refractivity contribution in [2.24, 2.45) is 0 Å². The van der Waals surface area contributed by atoms with Gasteiger partial charge in [0.25, 0.3) is 5.69 Å². The van der Waals surface area contributed by atoms with Crippen LogP contribution in [0.4, 0.5) is 17.1 Å². The van der Waals surface area contributed by atoms with E-state index in [9.17, 15) is 10.1 Å². The molecule has 1 N–H and O–H groups in total. The van der Waals surface area contributed by atoms with Crippen molar-refractivity contribution in [3.8, 4) is 11.8 Å². The number of methoxy groups -OCH3 is 1. The molecule has 0 heterocycles. The Morgan fingerprint density at radius 3 is 2.52 bits per heavy atom. The van der Waals surface area contributed by atoms with Crippen LogP contribution in [0.25, 0.3) is 0 Å². The number of ether oxygens (including phenoxy) is 1. The van der Waals surface area contributed by atoms with Crippen molar-refractivity contribution in [3.63, 3.8) is 0 Å². The van der Waals surface area contributed by atoms with E-state index in [2.05, 4.69) is 21.2 Å². The molecule has 0 aromatic heterocycles. The monoisotopic (exact) mass is 347 g/mol. The highest BCUT2D eigenvalue weighted by molar-refractivity contribution is 9.10. The van der Waals surface area contributed by atoms with Gasteiger partial charge in [-0.05, 0) is 46.3 Å². The van der Waals surface area contributed by atoms with Gasteiger partial charge in [-0.25, -0.2) is 0 Å². The number of benzene rings is 2. The van der Waals surface area contributed by atoms with Crippen LogP contribution in [0.1, 0.15) is 5.56 Å². The van der Waals surface area contributed by atoms with Crippen LogP contribution in [0, 0.1) is 21.4 Å². The van der Waals surface area contributed by atoms with E-state index in [1.165, 1.54) is 12.1 Å². The predicted molar refractivity (Wildman–Crippen MR) is 81.8 cm³/mol. The normalized spacial score (nSPS) is 9.76. The van der Waals surface area contributed by atoms with Gasteiger partial charge in [0.2, 0.25) is 0 Å². The summed E-state index contributed by atoms with van der Waals surface area (Å²) >= 11 is 3.37. The standard InChI is InChI=1S/C14H10BrN3O3/c1-21-14-5-3-11(7-12(14)15)17-10-2-4-13(18(19)20)9(6-10)8-16/h2-7,17H,1H3. The molecule has 2 rings (SSSR count). The van der Waals surface area contributed by atoms with Crippen molar-refractivity contribution in [1.82, 2.24) is 0 Å². The fourth-order valence-corrected chi connectivity index (χ4v) is 2.31. The van der Waals surface area contributed by atoms with E-state index in [-0.39, 0.29) is 11.3 Å². The number of nitrogens with zero attached hydrogens (tertiary/aromatic N) is 2. The molecular weight excluding hydrogens is 338 g/mol. The van der Waals surface area contributed by atoms with Crippen molar-refractivity contribution in [1.29, 1.82) is 5.26 Å². The summed E-state index contributed by atoms with van der Waals surface area (Å²) in [6.07, 6.45) is 0. The molecule has 0 amide bonds. The molecular formula is C14H10BrN3O3. The van der Waals surface area contributed by atoms with E-state index in [4.69, 9.17) is 10.00 Å². The minimum Gasteiger partial charge on any atom is -0.496 e. The highest BCUT2D eigenvalue weighted by atomic mass is 79.9. The lowest BCUT2D eigenvalue weighted by Gasteiger charge is -2.09. The number of nitrogens with one attached hydrogen (secondary N) is 1. The minimum atomic E-state index is -0.577. The summed E-state index contributed by atoms with van der Waals surface area (Å²) in [4.78, 5) is 10.2. The second-order valence-corrected chi connectivity index (χ2v) is 4.93. The lowest BCUT2D eigenvalue weighted by molar-refractivity contribution is -0.385. The Bertz CT molecular complexity index is 741. The van der Waals surface area contributed by atoms with Gasteiger partial charge in [0.05, 0.1) is 16.5 Å². The van der Waals surface area contributed by atoms with Gasteiger partial charge in [-0.2, -0.15) is 5.26 Å². The first-order valence-electron chi connectivity index (χ1n) is 5.84. The molecule has 0 aliphatic rings. The number of nitro benzene ring substituents is 1. The van der Waals surface area contributed by atoms with Crippen LogP contribution in [0.2, 0.25) is 0 Å². The van der Waals surface area contributed by atoms with Gasteiger partial charge in [0, 0.05) is 17.4 Å². The number of anilines is 2. The quantitative estimate of drug-likeness (QED) is 0.667. The zero-order valence-corrected chi connectivity index (χ0v) is 12.5. The molecule has 0 aliphatic heterocycles. The van der Waals surface area contributed by atoms with Crippen LogP contribution >= 0.6 is 15.9 Å². The van der Waals surface area contributed by atoms with E-state index < -0.39 is 4.92 Å². The second-order valence-electron chi connectivity index (χ2n) is 4.08. The van der Waals surface area contributed by atoms with Gasteiger partial charge < -0.3 is 10.1 Å². The van der Waals surface area contributed by atoms with Gasteiger partial charge in [-0.3, -0.25) is 10.1 Å². The molecule has 106 valence electrons. The van der Waals surface area contributed by atoms with Gasteiger partial charge in [-0.15, -0.1) is 0 Å². The number of hydrogen-bond donors (Lipinski definition) is 1. The lowest BCUT2D eigenvalue weighted by atomic mass is 10.1. The van der Waals surface area contributed by atoms with E-state index in [1.807, 2.05) is 12.1 Å². The number of hydrogen-bond acceptors (Lipinski definition) is 5. The maximum Gasteiger partial charge on any atom is 0.287 e. The van der Waals surface area contributed by atoms with Gasteiger partial charge in [0.1, 0.15) is 17.4 Å². The second kappa shape index (κ2) is 6.24. The Kier molecular flexibility index (Phi) is 4.40. The predicted octanol–water partition coefficient (Wildman–Crippen LogP) is 3.98. The maximum absolute atomic E-state index is 10.8. The van der Waals surface area contributed by atoms with Crippen molar-refractivity contribution in [2.75, 3.05) is 12.4 Å². The number of rotatable bonds is 4. The Morgan fingerprint density at radius 2 is 1.95 bits per heavy atom. The lowest BCUT2D eigenvalue weighted by Crippen LogP contribution is -1.96. The molecule has 0 saturated carbocycles. The van der Waals surface area contributed by atoms with Gasteiger partial charge in [-0.1, -0.05) is 0 Å². The van der Waals surface area contributed by atoms with Crippen LogP contribution < -0.4 is 10.1 Å². The molecule has 0 fully saturated rings. The SMILES string of the molecule is COc1ccc(Nc2ccc([N+](=O)[O-])c(C#N)c2)cc1Br. The van der Waals surface area contributed by atoms with Crippen LogP contribution in [-0.4, -0.2) is 12.0 Å². The highest BCUT2D eigenvalue weighted by Crippen LogP contribution is 2.30. The third-order valence-electron chi connectivity index (χ3n) is 2.75. The molecule has 21 heavy (non-hydrogen) atoms. The summed E-state index contributed by atoms with van der Waals surface area (Å²) in [5.74, 6) is 0.696. The van der Waals surface area contributed by atoms with Crippen molar-refractivity contribution < 1.29 is 9.66 Å². The minimum absolute atomic E-state index is 0.0116. The highest BCUT2D eigenvalue weighted by Gasteiger charge is 2.13. The van der Waals surface area contributed by atoms with Crippen LogP contribution in [0.3, 0.4) is 0 Å². The zero-order valence-electron chi connectivity index (χ0n) is 11.0. The van der Waals surface area contributed by atoms with Crippen LogP contribution in [0.15, 0.2) is 40.9 Å². The van der Waals surface area contributed by atoms with Crippen LogP contribution in [0.5, 0.6) is 5.75 Å². The smallest absolute Gasteiger partial charge is 0.287 e. The molecule has 2 aromatic carbocycles. The Balaban J connectivity index is 2.30. The Morgan fingerprint density at radius 1 is 1.29 bits per heavy atom. The summed E-state index contributed by atoms with van der Waals surface area (Å²) in [5, 5.41) is 22.8. The largest absolute Gasteiger partial charge is 0.496 e. The topological polar surface area (TPSA) is 88.2 Å². The van der Waals surface area contributed by atoms with Gasteiger partial charge >= 0.3 is 0 Å². The van der Waals surface area contributed by atoms with Crippen molar-refractivity contribution in [2.45, 2.75) is 0 Å². The van der Waals surface area contributed by atoms with Crippen molar-refractivity contribution in [3.05, 3.63) is 56.5 Å². The fraction of sp³-hybridized carbons (Fsp3) is 0.0714. The molecule has 0 radical (unpaired) electrons. The first-order valence-corrected chi connectivity index (χ1v) is 6.63. The molecule has 0 aliphatic carbocycles. The average molecular weight is 348 g/mol. The van der Waals surface area contributed by atoms with E-state index in [1.54, 1.807) is 25.3 Å². The maximum atomic E-state index is 10.8. The molecule has 6 nitrogen and oxygen atoms in total. The third kappa shape index (κ3) is 3.30. The van der Waals surface area contributed by atoms with E-state index >= 15 is 0 Å². The molecule has 7 heteroatoms. The Hall–Kier alpha value is -2.59. The summed E-state index contributed by atoms with van der Waals surface area (Å²) in [6.45, 7) is 0. The summed E-state index contributed by atoms with van der Waals surface area (Å²) < 4.78 is 5.91. The number of nitriles is 1. The molecule has 0 bridgehead atoms. The molecule has 2 aromatic rings. The van der Waals surface area contributed by atoms with E-state index in [0.717, 1.165) is 10.2 Å². The van der Waals surface area contributed by atoms with Crippen LogP contribution in [-0.2, 0) is 0 Å². The summed E-state index contributed by atoms with van der Waals surface area (Å²) in [5.41, 5.74) is 1.16. The summed E-state index contributed by atoms with van der Waals surface area (Å²) in [6, 6.07) is 11.5. The van der Waals surface area contributed by atoms with Gasteiger partial charge in [0.15, 0.2) is 0 Å². The third-order valence-corrected chi connectivity index (χ3v) is 3.37. The number of halogens is 1. The Labute approximate surface area is 129 Å². The zero-order chi connectivity index (χ0) is 15.4. The molecule has 0 saturated heterocycles. The average Bonchev–Trinajstić information content (AvgIpc) is 2.47. The molecule has 0 atom stereocenters. The first kappa shape index (κ1) is 14.8. The molecule has 0 unspecified atom stereocenters. The van der Waals surface area contributed by atoms with E-state index in [0.29, 0.717) is 11.4 Å². The first-order chi connectivity index (χ1) is 10.0. The number of nitro groups is 1. The van der Waals surface area contributed by atoms with Crippen molar-refractivity contribution >= 4 is 33.0 Å². The summed E-state index contributed by atoms with van der Waals surface area (Å²) in [7, 11) is 1.57.